The molecule has 1 heterocycles. The van der Waals surface area contributed by atoms with Gasteiger partial charge in [-0.15, -0.1) is 0 Å². The number of allylic oxidation sites excluding steroid dienone is 1. The number of rotatable bonds is 4. The van der Waals surface area contributed by atoms with Gasteiger partial charge in [-0.1, -0.05) is 6.07 Å². The zero-order valence-electron chi connectivity index (χ0n) is 16.2. The van der Waals surface area contributed by atoms with Crippen molar-refractivity contribution in [2.24, 2.45) is 5.10 Å². The van der Waals surface area contributed by atoms with Gasteiger partial charge in [0.1, 0.15) is 5.75 Å². The van der Waals surface area contributed by atoms with Crippen LogP contribution in [0.2, 0.25) is 0 Å². The van der Waals surface area contributed by atoms with Crippen molar-refractivity contribution in [2.45, 2.75) is 27.7 Å². The summed E-state index contributed by atoms with van der Waals surface area (Å²) in [6, 6.07) is 11.6. The zero-order chi connectivity index (χ0) is 20.4. The van der Waals surface area contributed by atoms with Gasteiger partial charge in [0.25, 0.3) is 11.8 Å². The number of aryl methyl sites for hydroxylation is 2. The highest BCUT2D eigenvalue weighted by molar-refractivity contribution is 6.30. The second-order valence-corrected chi connectivity index (χ2v) is 6.70. The maximum atomic E-state index is 12.9. The van der Waals surface area contributed by atoms with Gasteiger partial charge in [-0.3, -0.25) is 15.0 Å². The second kappa shape index (κ2) is 7.56. The first-order chi connectivity index (χ1) is 13.3. The Bertz CT molecular complexity index is 1010. The quantitative estimate of drug-likeness (QED) is 0.563. The van der Waals surface area contributed by atoms with Crippen molar-refractivity contribution < 1.29 is 14.7 Å². The average Bonchev–Trinajstić information content (AvgIpc) is 2.96. The molecule has 0 aromatic heterocycles. The lowest BCUT2D eigenvalue weighted by molar-refractivity contribution is -0.114. The number of hydrazine groups is 1. The molecule has 1 aliphatic rings. The third-order valence-electron chi connectivity index (χ3n) is 4.62. The van der Waals surface area contributed by atoms with Crippen LogP contribution in [0.3, 0.4) is 0 Å². The van der Waals surface area contributed by atoms with E-state index in [9.17, 15) is 14.7 Å². The minimum atomic E-state index is -0.383. The molecule has 0 fully saturated rings. The van der Waals surface area contributed by atoms with Gasteiger partial charge in [-0.05, 0) is 75.2 Å². The first-order valence-electron chi connectivity index (χ1n) is 8.81. The van der Waals surface area contributed by atoms with Crippen molar-refractivity contribution in [2.75, 3.05) is 5.01 Å². The van der Waals surface area contributed by atoms with Crippen molar-refractivity contribution >= 4 is 23.2 Å². The van der Waals surface area contributed by atoms with Gasteiger partial charge < -0.3 is 10.5 Å². The largest absolute Gasteiger partial charge is 0.508 e. The Labute approximate surface area is 163 Å². The number of phenolic OH excluding ortho intramolecular Hbond substituents is 1. The van der Waals surface area contributed by atoms with Crippen molar-refractivity contribution in [3.63, 3.8) is 0 Å². The van der Waals surface area contributed by atoms with E-state index in [1.165, 1.54) is 29.3 Å². The second-order valence-electron chi connectivity index (χ2n) is 6.70. The number of nitrogens with one attached hydrogen (secondary N) is 2. The summed E-state index contributed by atoms with van der Waals surface area (Å²) in [6.45, 7) is 7.45. The first kappa shape index (κ1) is 19.2. The number of hydrogen-bond acceptors (Lipinski definition) is 5. The van der Waals surface area contributed by atoms with Gasteiger partial charge in [0.2, 0.25) is 0 Å². The van der Waals surface area contributed by atoms with Crippen LogP contribution in [0.15, 0.2) is 58.8 Å². The molecule has 2 amide bonds. The smallest absolute Gasteiger partial charge is 0.282 e. The molecular weight excluding hydrogens is 356 g/mol. The molecule has 2 aromatic carbocycles. The van der Waals surface area contributed by atoms with Crippen LogP contribution in [0.1, 0.15) is 35.3 Å². The molecule has 7 heteroatoms. The summed E-state index contributed by atoms with van der Waals surface area (Å²) in [7, 11) is 0. The Morgan fingerprint density at radius 1 is 1.00 bits per heavy atom. The van der Waals surface area contributed by atoms with Crippen molar-refractivity contribution in [1.29, 1.82) is 0 Å². The van der Waals surface area contributed by atoms with E-state index in [0.717, 1.165) is 11.1 Å². The lowest BCUT2D eigenvalue weighted by atomic mass is 10.1. The number of hydrazone groups is 1. The molecule has 1 aliphatic heterocycles. The lowest BCUT2D eigenvalue weighted by Crippen LogP contribution is -2.37. The lowest BCUT2D eigenvalue weighted by Gasteiger charge is -2.15. The minimum absolute atomic E-state index is 0.0811. The highest BCUT2D eigenvalue weighted by atomic mass is 16.3. The van der Waals surface area contributed by atoms with Crippen LogP contribution in [-0.2, 0) is 4.79 Å². The summed E-state index contributed by atoms with van der Waals surface area (Å²) in [5, 5.41) is 15.0. The summed E-state index contributed by atoms with van der Waals surface area (Å²) < 4.78 is 0. The maximum absolute atomic E-state index is 12.9. The Morgan fingerprint density at radius 2 is 1.68 bits per heavy atom. The number of aromatic hydroxyl groups is 1. The molecule has 144 valence electrons. The van der Waals surface area contributed by atoms with E-state index in [1.807, 2.05) is 32.0 Å². The normalized spacial score (nSPS) is 15.4. The van der Waals surface area contributed by atoms with E-state index in [-0.39, 0.29) is 17.6 Å². The molecule has 28 heavy (non-hydrogen) atoms. The standard InChI is InChI=1S/C21H22N4O3/c1-12-5-8-17(11-13(12)2)25-21(28)19(15(4)24-25)14(3)22-23-20(27)16-6-9-18(26)10-7-16/h5-11,22,26H,1-4H3,(H,23,27)/b19-14-. The molecule has 0 bridgehead atoms. The molecule has 2 aromatic rings. The van der Waals surface area contributed by atoms with E-state index in [2.05, 4.69) is 16.0 Å². The highest BCUT2D eigenvalue weighted by Crippen LogP contribution is 2.26. The van der Waals surface area contributed by atoms with Crippen LogP contribution in [0.5, 0.6) is 5.75 Å². The Hall–Kier alpha value is -3.61. The van der Waals surface area contributed by atoms with Crippen molar-refractivity contribution in [3.8, 4) is 5.75 Å². The van der Waals surface area contributed by atoms with E-state index < -0.39 is 0 Å². The number of carbonyl (C=O) groups excluding carboxylic acids is 2. The SMILES string of the molecule is CC1=NN(c2ccc(C)c(C)c2)C(=O)/C1=C(/C)NNC(=O)c1ccc(O)cc1. The summed E-state index contributed by atoms with van der Waals surface area (Å²) >= 11 is 0. The Balaban J connectivity index is 1.76. The average molecular weight is 378 g/mol. The van der Waals surface area contributed by atoms with Crippen LogP contribution in [0, 0.1) is 13.8 Å². The molecule has 3 rings (SSSR count). The predicted molar refractivity (Wildman–Crippen MR) is 108 cm³/mol. The van der Waals surface area contributed by atoms with E-state index in [4.69, 9.17) is 0 Å². The van der Waals surface area contributed by atoms with Crippen molar-refractivity contribution in [1.82, 2.24) is 10.9 Å². The summed E-state index contributed by atoms with van der Waals surface area (Å²) in [4.78, 5) is 25.1. The third kappa shape index (κ3) is 3.73. The van der Waals surface area contributed by atoms with Crippen LogP contribution in [-0.4, -0.2) is 22.6 Å². The molecular formula is C21H22N4O3. The molecule has 0 saturated heterocycles. The number of carbonyl (C=O) groups is 2. The Kier molecular flexibility index (Phi) is 5.17. The van der Waals surface area contributed by atoms with Gasteiger partial charge in [-0.2, -0.15) is 10.1 Å². The van der Waals surface area contributed by atoms with Gasteiger partial charge in [0, 0.05) is 11.3 Å². The fraction of sp³-hybridized carbons (Fsp3) is 0.190. The number of phenols is 1. The first-order valence-corrected chi connectivity index (χ1v) is 8.81. The minimum Gasteiger partial charge on any atom is -0.508 e. The topological polar surface area (TPSA) is 94.0 Å². The number of amides is 2. The monoisotopic (exact) mass is 378 g/mol. The fourth-order valence-electron chi connectivity index (χ4n) is 2.87. The number of hydrogen-bond donors (Lipinski definition) is 3. The van der Waals surface area contributed by atoms with Crippen LogP contribution >= 0.6 is 0 Å². The third-order valence-corrected chi connectivity index (χ3v) is 4.62. The highest BCUT2D eigenvalue weighted by Gasteiger charge is 2.31. The number of benzene rings is 2. The predicted octanol–water partition coefficient (Wildman–Crippen LogP) is 2.94. The van der Waals surface area contributed by atoms with Gasteiger partial charge in [0.05, 0.1) is 17.0 Å². The fourth-order valence-corrected chi connectivity index (χ4v) is 2.87. The van der Waals surface area contributed by atoms with Crippen molar-refractivity contribution in [3.05, 3.63) is 70.4 Å². The van der Waals surface area contributed by atoms with E-state index in [1.54, 1.807) is 13.8 Å². The van der Waals surface area contributed by atoms with E-state index >= 15 is 0 Å². The number of anilines is 1. The molecule has 0 spiro atoms. The van der Waals surface area contributed by atoms with E-state index in [0.29, 0.717) is 28.2 Å². The molecule has 0 saturated carbocycles. The molecule has 3 N–H and O–H groups in total. The maximum Gasteiger partial charge on any atom is 0.282 e. The Morgan fingerprint density at radius 3 is 2.32 bits per heavy atom. The van der Waals surface area contributed by atoms with Gasteiger partial charge in [0.15, 0.2) is 0 Å². The molecule has 0 atom stereocenters. The van der Waals surface area contributed by atoms with Crippen LogP contribution < -0.4 is 15.9 Å². The molecule has 0 unspecified atom stereocenters. The summed E-state index contributed by atoms with van der Waals surface area (Å²) in [5.41, 5.74) is 10.1. The van der Waals surface area contributed by atoms with Gasteiger partial charge in [-0.25, -0.2) is 0 Å². The zero-order valence-corrected chi connectivity index (χ0v) is 16.2. The number of nitrogens with zero attached hydrogens (tertiary/aromatic N) is 2. The van der Waals surface area contributed by atoms with Crippen LogP contribution in [0.4, 0.5) is 5.69 Å². The summed E-state index contributed by atoms with van der Waals surface area (Å²) in [6.07, 6.45) is 0. The summed E-state index contributed by atoms with van der Waals surface area (Å²) in [5.74, 6) is -0.562. The molecule has 0 radical (unpaired) electrons. The molecule has 0 aliphatic carbocycles. The molecule has 7 nitrogen and oxygen atoms in total. The van der Waals surface area contributed by atoms with Gasteiger partial charge >= 0.3 is 0 Å². The van der Waals surface area contributed by atoms with Crippen LogP contribution in [0.25, 0.3) is 0 Å².